The number of nitrogens with one attached hydrogen (secondary N) is 1. The number of methoxy groups -OCH3 is 1. The van der Waals surface area contributed by atoms with Gasteiger partial charge in [0.25, 0.3) is 0 Å². The van der Waals surface area contributed by atoms with Crippen LogP contribution < -0.4 is 5.32 Å². The van der Waals surface area contributed by atoms with Crippen molar-refractivity contribution < 1.29 is 14.3 Å². The second-order valence-electron chi connectivity index (χ2n) is 7.35. The predicted molar refractivity (Wildman–Crippen MR) is 108 cm³/mol. The van der Waals surface area contributed by atoms with Crippen molar-refractivity contribution >= 4 is 21.9 Å². The monoisotopic (exact) mass is 421 g/mol. The Balaban J connectivity index is 1.99. The van der Waals surface area contributed by atoms with E-state index in [1.807, 2.05) is 26.8 Å². The summed E-state index contributed by atoms with van der Waals surface area (Å²) in [7, 11) is 1.73. The quantitative estimate of drug-likeness (QED) is 0.520. The van der Waals surface area contributed by atoms with Crippen molar-refractivity contribution in [1.29, 1.82) is 0 Å². The van der Waals surface area contributed by atoms with Gasteiger partial charge in [-0.1, -0.05) is 46.3 Å². The van der Waals surface area contributed by atoms with Gasteiger partial charge in [0.05, 0.1) is 12.5 Å². The second-order valence-corrected chi connectivity index (χ2v) is 8.27. The normalized spacial score (nSPS) is 19.6. The van der Waals surface area contributed by atoms with E-state index < -0.39 is 5.60 Å². The molecule has 0 radical (unpaired) electrons. The van der Waals surface area contributed by atoms with Crippen LogP contribution in [0.15, 0.2) is 47.0 Å². The highest BCUT2D eigenvalue weighted by atomic mass is 79.9. The molecule has 0 heterocycles. The lowest BCUT2D eigenvalue weighted by atomic mass is 9.87. The molecule has 0 fully saturated rings. The van der Waals surface area contributed by atoms with Gasteiger partial charge >= 0.3 is 5.97 Å². The Morgan fingerprint density at radius 1 is 1.23 bits per heavy atom. The summed E-state index contributed by atoms with van der Waals surface area (Å²) >= 11 is 3.55. The number of halogens is 1. The van der Waals surface area contributed by atoms with E-state index in [9.17, 15) is 4.79 Å². The van der Waals surface area contributed by atoms with Crippen molar-refractivity contribution in [2.45, 2.75) is 51.4 Å². The van der Waals surface area contributed by atoms with Gasteiger partial charge in [0.1, 0.15) is 5.60 Å². The highest BCUT2D eigenvalue weighted by Gasteiger charge is 2.22. The fourth-order valence-electron chi connectivity index (χ4n) is 2.95. The zero-order valence-corrected chi connectivity index (χ0v) is 17.5. The lowest BCUT2D eigenvalue weighted by molar-refractivity contribution is -0.154. The number of esters is 1. The Morgan fingerprint density at radius 3 is 2.65 bits per heavy atom. The molecular formula is C21H28BrNO3. The van der Waals surface area contributed by atoms with Crippen molar-refractivity contribution in [3.8, 4) is 0 Å². The van der Waals surface area contributed by atoms with Crippen LogP contribution >= 0.6 is 15.9 Å². The molecule has 2 unspecified atom stereocenters. The van der Waals surface area contributed by atoms with Gasteiger partial charge in [0.2, 0.25) is 0 Å². The first-order valence-electron chi connectivity index (χ1n) is 8.89. The van der Waals surface area contributed by atoms with Crippen LogP contribution in [0.5, 0.6) is 0 Å². The third kappa shape index (κ3) is 6.38. The van der Waals surface area contributed by atoms with E-state index in [0.29, 0.717) is 19.5 Å². The van der Waals surface area contributed by atoms with Crippen molar-refractivity contribution in [2.24, 2.45) is 0 Å². The van der Waals surface area contributed by atoms with Crippen LogP contribution in [0.3, 0.4) is 0 Å². The SMILES string of the molecule is COC1C=CC=CC1c1ccc(Br)cc1CNCCC(=O)OC(C)(C)C. The summed E-state index contributed by atoms with van der Waals surface area (Å²) in [5.74, 6) is 0.0000182. The number of hydrogen-bond acceptors (Lipinski definition) is 4. The summed E-state index contributed by atoms with van der Waals surface area (Å²) in [4.78, 5) is 11.8. The van der Waals surface area contributed by atoms with Gasteiger partial charge in [0.15, 0.2) is 0 Å². The molecule has 4 nitrogen and oxygen atoms in total. The molecule has 0 aliphatic heterocycles. The largest absolute Gasteiger partial charge is 0.460 e. The molecule has 0 spiro atoms. The minimum absolute atomic E-state index is 0.0293. The molecular weight excluding hydrogens is 394 g/mol. The van der Waals surface area contributed by atoms with Crippen LogP contribution in [0.1, 0.15) is 44.2 Å². The molecule has 1 aliphatic rings. The number of hydrogen-bond donors (Lipinski definition) is 1. The molecule has 1 N–H and O–H groups in total. The molecule has 2 rings (SSSR count). The van der Waals surface area contributed by atoms with Gasteiger partial charge in [-0.15, -0.1) is 0 Å². The van der Waals surface area contributed by atoms with Crippen LogP contribution in [0.2, 0.25) is 0 Å². The summed E-state index contributed by atoms with van der Waals surface area (Å²) in [5.41, 5.74) is 1.98. The number of ether oxygens (including phenoxy) is 2. The van der Waals surface area contributed by atoms with Crippen molar-refractivity contribution in [2.75, 3.05) is 13.7 Å². The molecule has 1 aromatic rings. The van der Waals surface area contributed by atoms with E-state index in [1.165, 1.54) is 11.1 Å². The van der Waals surface area contributed by atoms with Gasteiger partial charge in [0, 0.05) is 30.6 Å². The maximum Gasteiger partial charge on any atom is 0.307 e. The van der Waals surface area contributed by atoms with E-state index in [1.54, 1.807) is 7.11 Å². The van der Waals surface area contributed by atoms with Crippen molar-refractivity contribution in [1.82, 2.24) is 5.32 Å². The average Bonchev–Trinajstić information content (AvgIpc) is 2.57. The summed E-state index contributed by atoms with van der Waals surface area (Å²) in [6.07, 6.45) is 8.70. The Bertz CT molecular complexity index is 676. The molecule has 142 valence electrons. The summed E-state index contributed by atoms with van der Waals surface area (Å²) in [6.45, 7) is 6.90. The first kappa shape index (κ1) is 20.9. The van der Waals surface area contributed by atoms with Crippen LogP contribution in [-0.2, 0) is 20.8 Å². The molecule has 26 heavy (non-hydrogen) atoms. The molecule has 1 aromatic carbocycles. The highest BCUT2D eigenvalue weighted by molar-refractivity contribution is 9.10. The first-order chi connectivity index (χ1) is 12.3. The van der Waals surface area contributed by atoms with Crippen molar-refractivity contribution in [3.05, 3.63) is 58.1 Å². The lowest BCUT2D eigenvalue weighted by Crippen LogP contribution is -2.27. The molecule has 0 bridgehead atoms. The molecule has 0 saturated carbocycles. The maximum atomic E-state index is 11.8. The standard InChI is InChI=1S/C21H28BrNO3/c1-21(2,3)26-20(24)11-12-23-14-15-13-16(22)9-10-17(15)18-7-5-6-8-19(18)25-4/h5-10,13,18-19,23H,11-12,14H2,1-4H3. The van der Waals surface area contributed by atoms with Crippen LogP contribution in [-0.4, -0.2) is 31.3 Å². The minimum Gasteiger partial charge on any atom is -0.460 e. The fraction of sp³-hybridized carbons (Fsp3) is 0.476. The van der Waals surface area contributed by atoms with E-state index in [-0.39, 0.29) is 18.0 Å². The number of rotatable bonds is 7. The molecule has 1 aliphatic carbocycles. The fourth-order valence-corrected chi connectivity index (χ4v) is 3.36. The smallest absolute Gasteiger partial charge is 0.307 e. The molecule has 0 aromatic heterocycles. The van der Waals surface area contributed by atoms with Gasteiger partial charge in [-0.2, -0.15) is 0 Å². The van der Waals surface area contributed by atoms with Crippen LogP contribution in [0.4, 0.5) is 0 Å². The minimum atomic E-state index is -0.440. The summed E-state index contributed by atoms with van der Waals surface area (Å²) in [6, 6.07) is 6.31. The number of benzene rings is 1. The van der Waals surface area contributed by atoms with Gasteiger partial charge < -0.3 is 14.8 Å². The summed E-state index contributed by atoms with van der Waals surface area (Å²) in [5, 5.41) is 3.35. The Kier molecular flexibility index (Phi) is 7.62. The molecule has 0 amide bonds. The van der Waals surface area contributed by atoms with E-state index in [4.69, 9.17) is 9.47 Å². The molecule has 0 saturated heterocycles. The second kappa shape index (κ2) is 9.49. The van der Waals surface area contributed by atoms with Crippen LogP contribution in [0.25, 0.3) is 0 Å². The summed E-state index contributed by atoms with van der Waals surface area (Å²) < 4.78 is 12.0. The van der Waals surface area contributed by atoms with Gasteiger partial charge in [-0.25, -0.2) is 0 Å². The van der Waals surface area contributed by atoms with Gasteiger partial charge in [-0.05, 0) is 44.0 Å². The number of carbonyl (C=O) groups excluding carboxylic acids is 1. The van der Waals surface area contributed by atoms with Gasteiger partial charge in [-0.3, -0.25) is 4.79 Å². The van der Waals surface area contributed by atoms with E-state index in [2.05, 4.69) is 57.7 Å². The zero-order valence-electron chi connectivity index (χ0n) is 15.9. The molecule has 2 atom stereocenters. The number of allylic oxidation sites excluding steroid dienone is 2. The van der Waals surface area contributed by atoms with Crippen molar-refractivity contribution in [3.63, 3.8) is 0 Å². The number of carbonyl (C=O) groups is 1. The predicted octanol–water partition coefficient (Wildman–Crippen LogP) is 4.50. The average molecular weight is 422 g/mol. The Morgan fingerprint density at radius 2 is 1.96 bits per heavy atom. The first-order valence-corrected chi connectivity index (χ1v) is 9.68. The Hall–Kier alpha value is -1.43. The van der Waals surface area contributed by atoms with E-state index in [0.717, 1.165) is 4.47 Å². The Labute approximate surface area is 164 Å². The van der Waals surface area contributed by atoms with E-state index >= 15 is 0 Å². The third-order valence-electron chi connectivity index (χ3n) is 4.06. The molecule has 5 heteroatoms. The lowest BCUT2D eigenvalue weighted by Gasteiger charge is -2.25. The maximum absolute atomic E-state index is 11.8. The highest BCUT2D eigenvalue weighted by Crippen LogP contribution is 2.31. The van der Waals surface area contributed by atoms with Crippen LogP contribution in [0, 0.1) is 0 Å². The third-order valence-corrected chi connectivity index (χ3v) is 4.56. The zero-order chi connectivity index (χ0) is 19.2. The topological polar surface area (TPSA) is 47.6 Å².